The number of halogens is 1. The van der Waals surface area contributed by atoms with E-state index in [4.69, 9.17) is 16.7 Å². The minimum absolute atomic E-state index is 0.0361. The number of anilines is 1. The number of nitro groups is 1. The maximum absolute atomic E-state index is 11.1. The lowest BCUT2D eigenvalue weighted by Crippen LogP contribution is -2.38. The molecule has 0 atom stereocenters. The highest BCUT2D eigenvalue weighted by Gasteiger charge is 2.27. The summed E-state index contributed by atoms with van der Waals surface area (Å²) in [4.78, 5) is 23.3. The van der Waals surface area contributed by atoms with Crippen molar-refractivity contribution in [2.24, 2.45) is 0 Å². The average molecular weight is 313 g/mol. The number of aliphatic carboxylic acids is 1. The number of carboxylic acid groups (broad SMARTS) is 1. The van der Waals surface area contributed by atoms with Gasteiger partial charge in [-0.3, -0.25) is 14.9 Å². The van der Waals surface area contributed by atoms with Crippen molar-refractivity contribution in [3.8, 4) is 0 Å². The molecule has 7 heteroatoms. The van der Waals surface area contributed by atoms with Crippen LogP contribution in [-0.2, 0) is 4.79 Å². The zero-order chi connectivity index (χ0) is 15.6. The van der Waals surface area contributed by atoms with Gasteiger partial charge in [0.2, 0.25) is 0 Å². The van der Waals surface area contributed by atoms with Crippen LogP contribution in [0.15, 0.2) is 12.1 Å². The summed E-state index contributed by atoms with van der Waals surface area (Å²) in [6, 6.07) is 3.06. The van der Waals surface area contributed by atoms with Gasteiger partial charge in [0.05, 0.1) is 4.92 Å². The number of aryl methyl sites for hydroxylation is 1. The molecule has 0 aromatic heterocycles. The van der Waals surface area contributed by atoms with Crippen LogP contribution in [0.3, 0.4) is 0 Å². The number of benzene rings is 1. The minimum atomic E-state index is -0.921. The third kappa shape index (κ3) is 3.44. The predicted molar refractivity (Wildman–Crippen MR) is 80.1 cm³/mol. The Hall–Kier alpha value is -1.82. The van der Waals surface area contributed by atoms with E-state index in [0.29, 0.717) is 11.3 Å². The fourth-order valence-electron chi connectivity index (χ4n) is 2.88. The van der Waals surface area contributed by atoms with Crippen LogP contribution in [0, 0.1) is 17.0 Å². The molecule has 1 N–H and O–H groups in total. The van der Waals surface area contributed by atoms with Crippen molar-refractivity contribution in [2.75, 3.05) is 11.4 Å². The van der Waals surface area contributed by atoms with Gasteiger partial charge in [-0.1, -0.05) is 24.4 Å². The summed E-state index contributed by atoms with van der Waals surface area (Å²) in [5, 5.41) is 20.1. The summed E-state index contributed by atoms with van der Waals surface area (Å²) in [6.45, 7) is 1.61. The Morgan fingerprint density at radius 2 is 2.10 bits per heavy atom. The van der Waals surface area contributed by atoms with E-state index in [1.165, 1.54) is 12.1 Å². The molecule has 0 amide bonds. The standard InChI is InChI=1S/C14H17ClN2O4/c1-9-6-13(17(20)21)11(15)7-12(9)16(8-14(18)19)10-4-2-3-5-10/h6-7,10H,2-5,8H2,1H3,(H,18,19). The van der Waals surface area contributed by atoms with Gasteiger partial charge in [-0.2, -0.15) is 0 Å². The number of nitrogens with zero attached hydrogens (tertiary/aromatic N) is 2. The molecule has 6 nitrogen and oxygen atoms in total. The van der Waals surface area contributed by atoms with Gasteiger partial charge in [0.15, 0.2) is 0 Å². The monoisotopic (exact) mass is 312 g/mol. The molecular formula is C14H17ClN2O4. The highest BCUT2D eigenvalue weighted by Crippen LogP contribution is 2.36. The molecule has 1 saturated carbocycles. The van der Waals surface area contributed by atoms with E-state index in [1.54, 1.807) is 11.8 Å². The maximum atomic E-state index is 11.1. The Kier molecular flexibility index (Phi) is 4.67. The Morgan fingerprint density at radius 1 is 1.48 bits per heavy atom. The SMILES string of the molecule is Cc1cc([N+](=O)[O-])c(Cl)cc1N(CC(=O)O)C1CCCC1. The zero-order valence-corrected chi connectivity index (χ0v) is 12.5. The van der Waals surface area contributed by atoms with Crippen LogP contribution in [0.4, 0.5) is 11.4 Å². The number of hydrogen-bond acceptors (Lipinski definition) is 4. The zero-order valence-electron chi connectivity index (χ0n) is 11.7. The molecule has 0 unspecified atom stereocenters. The number of rotatable bonds is 5. The Balaban J connectivity index is 2.41. The molecule has 114 valence electrons. The quantitative estimate of drug-likeness (QED) is 0.665. The molecule has 0 radical (unpaired) electrons. The van der Waals surface area contributed by atoms with Crippen molar-refractivity contribution in [1.29, 1.82) is 0 Å². The summed E-state index contributed by atoms with van der Waals surface area (Å²) < 4.78 is 0. The molecule has 0 aliphatic heterocycles. The summed E-state index contributed by atoms with van der Waals surface area (Å²) in [7, 11) is 0. The summed E-state index contributed by atoms with van der Waals surface area (Å²) >= 11 is 5.97. The maximum Gasteiger partial charge on any atom is 0.323 e. The average Bonchev–Trinajstić information content (AvgIpc) is 2.91. The van der Waals surface area contributed by atoms with Crippen molar-refractivity contribution in [3.63, 3.8) is 0 Å². The lowest BCUT2D eigenvalue weighted by Gasteiger charge is -2.31. The predicted octanol–water partition coefficient (Wildman–Crippen LogP) is 3.39. The fraction of sp³-hybridized carbons (Fsp3) is 0.500. The van der Waals surface area contributed by atoms with Crippen LogP contribution in [-0.4, -0.2) is 28.6 Å². The topological polar surface area (TPSA) is 83.7 Å². The highest BCUT2D eigenvalue weighted by atomic mass is 35.5. The summed E-state index contributed by atoms with van der Waals surface area (Å²) in [5.41, 5.74) is 1.18. The van der Waals surface area contributed by atoms with E-state index in [0.717, 1.165) is 25.7 Å². The minimum Gasteiger partial charge on any atom is -0.480 e. The summed E-state index contributed by atoms with van der Waals surface area (Å²) in [5.74, 6) is -0.921. The van der Waals surface area contributed by atoms with Gasteiger partial charge >= 0.3 is 5.97 Å². The van der Waals surface area contributed by atoms with Gasteiger partial charge in [0.1, 0.15) is 11.6 Å². The van der Waals surface area contributed by atoms with E-state index in [2.05, 4.69) is 0 Å². The normalized spacial score (nSPS) is 15.1. The fourth-order valence-corrected chi connectivity index (χ4v) is 3.10. The summed E-state index contributed by atoms with van der Waals surface area (Å²) in [6.07, 6.45) is 4.00. The van der Waals surface area contributed by atoms with Crippen LogP contribution in [0.1, 0.15) is 31.2 Å². The molecular weight excluding hydrogens is 296 g/mol. The molecule has 0 saturated heterocycles. The van der Waals surface area contributed by atoms with E-state index in [-0.39, 0.29) is 23.3 Å². The third-order valence-electron chi connectivity index (χ3n) is 3.84. The van der Waals surface area contributed by atoms with Crippen LogP contribution < -0.4 is 4.90 Å². The van der Waals surface area contributed by atoms with Gasteiger partial charge in [-0.05, 0) is 31.4 Å². The third-order valence-corrected chi connectivity index (χ3v) is 4.15. The first-order chi connectivity index (χ1) is 9.90. The van der Waals surface area contributed by atoms with Crippen molar-refractivity contribution < 1.29 is 14.8 Å². The smallest absolute Gasteiger partial charge is 0.323 e. The van der Waals surface area contributed by atoms with Crippen molar-refractivity contribution in [3.05, 3.63) is 32.8 Å². The van der Waals surface area contributed by atoms with Crippen LogP contribution in [0.2, 0.25) is 5.02 Å². The molecule has 0 spiro atoms. The van der Waals surface area contributed by atoms with Gasteiger partial charge in [-0.25, -0.2) is 0 Å². The molecule has 0 bridgehead atoms. The molecule has 2 rings (SSSR count). The second-order valence-corrected chi connectivity index (χ2v) is 5.71. The van der Waals surface area contributed by atoms with Crippen LogP contribution in [0.25, 0.3) is 0 Å². The lowest BCUT2D eigenvalue weighted by molar-refractivity contribution is -0.384. The first-order valence-corrected chi connectivity index (χ1v) is 7.21. The first kappa shape index (κ1) is 15.6. The molecule has 1 aromatic carbocycles. The molecule has 1 aromatic rings. The van der Waals surface area contributed by atoms with E-state index >= 15 is 0 Å². The number of carboxylic acids is 1. The van der Waals surface area contributed by atoms with Gasteiger partial charge in [0, 0.05) is 17.8 Å². The number of hydrogen-bond donors (Lipinski definition) is 1. The van der Waals surface area contributed by atoms with E-state index in [9.17, 15) is 14.9 Å². The van der Waals surface area contributed by atoms with Crippen molar-refractivity contribution >= 4 is 28.9 Å². The molecule has 0 heterocycles. The second-order valence-electron chi connectivity index (χ2n) is 5.31. The van der Waals surface area contributed by atoms with Gasteiger partial charge < -0.3 is 10.0 Å². The Labute approximate surface area is 127 Å². The molecule has 1 fully saturated rings. The van der Waals surface area contributed by atoms with Crippen molar-refractivity contribution in [2.45, 2.75) is 38.6 Å². The lowest BCUT2D eigenvalue weighted by atomic mass is 10.1. The van der Waals surface area contributed by atoms with Gasteiger partial charge in [0.25, 0.3) is 5.69 Å². The molecule has 1 aliphatic rings. The van der Waals surface area contributed by atoms with Gasteiger partial charge in [-0.15, -0.1) is 0 Å². The highest BCUT2D eigenvalue weighted by molar-refractivity contribution is 6.33. The molecule has 21 heavy (non-hydrogen) atoms. The largest absolute Gasteiger partial charge is 0.480 e. The Bertz CT molecular complexity index is 570. The van der Waals surface area contributed by atoms with E-state index in [1.807, 2.05) is 0 Å². The van der Waals surface area contributed by atoms with Crippen LogP contribution >= 0.6 is 11.6 Å². The number of carbonyl (C=O) groups is 1. The first-order valence-electron chi connectivity index (χ1n) is 6.83. The van der Waals surface area contributed by atoms with Crippen LogP contribution in [0.5, 0.6) is 0 Å². The second kappa shape index (κ2) is 6.30. The Morgan fingerprint density at radius 3 is 2.62 bits per heavy atom. The molecule has 1 aliphatic carbocycles. The van der Waals surface area contributed by atoms with E-state index < -0.39 is 10.9 Å². The number of nitro benzene ring substituents is 1. The van der Waals surface area contributed by atoms with Crippen molar-refractivity contribution in [1.82, 2.24) is 0 Å².